The van der Waals surface area contributed by atoms with Crippen LogP contribution in [0.1, 0.15) is 25.3 Å². The molecule has 0 amide bonds. The van der Waals surface area contributed by atoms with E-state index in [9.17, 15) is 0 Å². The van der Waals surface area contributed by atoms with Gasteiger partial charge in [-0.15, -0.1) is 0 Å². The first-order valence-electron chi connectivity index (χ1n) is 5.52. The summed E-state index contributed by atoms with van der Waals surface area (Å²) in [5.74, 6) is 2.00. The van der Waals surface area contributed by atoms with Crippen molar-refractivity contribution < 1.29 is 9.47 Å². The third kappa shape index (κ3) is 3.60. The highest BCUT2D eigenvalue weighted by Gasteiger charge is 2.10. The summed E-state index contributed by atoms with van der Waals surface area (Å²) < 4.78 is 10.9. The SMILES string of the molecule is COc1ccc(OC(=S)N(C)C)cc1C(C)C. The summed E-state index contributed by atoms with van der Waals surface area (Å²) in [4.78, 5) is 1.76. The molecule has 0 saturated carbocycles. The van der Waals surface area contributed by atoms with E-state index in [0.29, 0.717) is 11.1 Å². The first-order valence-corrected chi connectivity index (χ1v) is 5.93. The average Bonchev–Trinajstić information content (AvgIpc) is 2.28. The zero-order chi connectivity index (χ0) is 13.0. The van der Waals surface area contributed by atoms with Gasteiger partial charge in [0.15, 0.2) is 0 Å². The highest BCUT2D eigenvalue weighted by atomic mass is 32.1. The van der Waals surface area contributed by atoms with Gasteiger partial charge in [-0.3, -0.25) is 0 Å². The van der Waals surface area contributed by atoms with Gasteiger partial charge in [0.1, 0.15) is 11.5 Å². The Kier molecular flexibility index (Phi) is 4.75. The summed E-state index contributed by atoms with van der Waals surface area (Å²) in [6.07, 6.45) is 0. The molecular formula is C13H19NO2S. The van der Waals surface area contributed by atoms with Crippen molar-refractivity contribution in [3.05, 3.63) is 23.8 Å². The second-order valence-electron chi connectivity index (χ2n) is 4.32. The maximum Gasteiger partial charge on any atom is 0.264 e. The van der Waals surface area contributed by atoms with E-state index >= 15 is 0 Å². The van der Waals surface area contributed by atoms with Crippen molar-refractivity contribution in [3.8, 4) is 11.5 Å². The molecule has 0 radical (unpaired) electrons. The summed E-state index contributed by atoms with van der Waals surface area (Å²) in [5.41, 5.74) is 1.12. The monoisotopic (exact) mass is 253 g/mol. The zero-order valence-corrected chi connectivity index (χ0v) is 11.8. The van der Waals surface area contributed by atoms with Crippen molar-refractivity contribution in [1.29, 1.82) is 0 Å². The standard InChI is InChI=1S/C13H19NO2S/c1-9(2)11-8-10(6-7-12(11)15-5)16-13(17)14(3)4/h6-9H,1-5H3. The van der Waals surface area contributed by atoms with Gasteiger partial charge in [0.05, 0.1) is 7.11 Å². The van der Waals surface area contributed by atoms with Crippen LogP contribution >= 0.6 is 12.2 Å². The lowest BCUT2D eigenvalue weighted by atomic mass is 10.0. The molecule has 0 saturated heterocycles. The Hall–Kier alpha value is -1.29. The van der Waals surface area contributed by atoms with Crippen molar-refractivity contribution in [2.75, 3.05) is 21.2 Å². The van der Waals surface area contributed by atoms with Crippen molar-refractivity contribution in [2.45, 2.75) is 19.8 Å². The predicted molar refractivity (Wildman–Crippen MR) is 74.0 cm³/mol. The van der Waals surface area contributed by atoms with Crippen molar-refractivity contribution in [3.63, 3.8) is 0 Å². The number of methoxy groups -OCH3 is 1. The summed E-state index contributed by atoms with van der Waals surface area (Å²) >= 11 is 5.10. The summed E-state index contributed by atoms with van der Waals surface area (Å²) in [5, 5.41) is 0.449. The van der Waals surface area contributed by atoms with E-state index < -0.39 is 0 Å². The maximum absolute atomic E-state index is 5.57. The van der Waals surface area contributed by atoms with Crippen LogP contribution in [0.5, 0.6) is 11.5 Å². The zero-order valence-electron chi connectivity index (χ0n) is 11.0. The fraction of sp³-hybridized carbons (Fsp3) is 0.462. The van der Waals surface area contributed by atoms with Gasteiger partial charge in [0.2, 0.25) is 0 Å². The van der Waals surface area contributed by atoms with Crippen LogP contribution in [0, 0.1) is 0 Å². The molecule has 1 aromatic carbocycles. The Morgan fingerprint density at radius 1 is 1.29 bits per heavy atom. The van der Waals surface area contributed by atoms with Gasteiger partial charge in [0.25, 0.3) is 5.17 Å². The fourth-order valence-corrected chi connectivity index (χ4v) is 1.52. The molecule has 1 aromatic rings. The van der Waals surface area contributed by atoms with Crippen LogP contribution in [0.25, 0.3) is 0 Å². The quantitative estimate of drug-likeness (QED) is 0.772. The first-order chi connectivity index (χ1) is 7.95. The Morgan fingerprint density at radius 2 is 1.94 bits per heavy atom. The van der Waals surface area contributed by atoms with E-state index in [1.165, 1.54) is 0 Å². The van der Waals surface area contributed by atoms with Gasteiger partial charge in [0, 0.05) is 19.7 Å². The van der Waals surface area contributed by atoms with Crippen LogP contribution in [-0.4, -0.2) is 31.3 Å². The smallest absolute Gasteiger partial charge is 0.264 e. The number of thiocarbonyl (C=S) groups is 1. The van der Waals surface area contributed by atoms with Crippen molar-refractivity contribution in [2.24, 2.45) is 0 Å². The lowest BCUT2D eigenvalue weighted by Gasteiger charge is -2.17. The Morgan fingerprint density at radius 3 is 2.41 bits per heavy atom. The van der Waals surface area contributed by atoms with Gasteiger partial charge < -0.3 is 14.4 Å². The number of ether oxygens (including phenoxy) is 2. The van der Waals surface area contributed by atoms with E-state index in [1.54, 1.807) is 12.0 Å². The molecule has 0 unspecified atom stereocenters. The molecule has 4 heteroatoms. The lowest BCUT2D eigenvalue weighted by Crippen LogP contribution is -2.25. The summed E-state index contributed by atoms with van der Waals surface area (Å²) in [6, 6.07) is 5.74. The maximum atomic E-state index is 5.57. The van der Waals surface area contributed by atoms with Crippen molar-refractivity contribution >= 4 is 17.4 Å². The van der Waals surface area contributed by atoms with E-state index in [-0.39, 0.29) is 0 Å². The van der Waals surface area contributed by atoms with Crippen LogP contribution in [0.15, 0.2) is 18.2 Å². The van der Waals surface area contributed by atoms with Crippen molar-refractivity contribution in [1.82, 2.24) is 4.90 Å². The summed E-state index contributed by atoms with van der Waals surface area (Å²) in [7, 11) is 5.39. The number of nitrogens with zero attached hydrogens (tertiary/aromatic N) is 1. The molecule has 94 valence electrons. The molecule has 0 N–H and O–H groups in total. The normalized spacial score (nSPS) is 10.2. The van der Waals surface area contributed by atoms with Crippen LogP contribution in [-0.2, 0) is 0 Å². The minimum Gasteiger partial charge on any atom is -0.496 e. The molecule has 0 heterocycles. The highest BCUT2D eigenvalue weighted by molar-refractivity contribution is 7.80. The van der Waals surface area contributed by atoms with E-state index in [2.05, 4.69) is 13.8 Å². The van der Waals surface area contributed by atoms with Gasteiger partial charge >= 0.3 is 0 Å². The molecule has 0 atom stereocenters. The van der Waals surface area contributed by atoms with Crippen LogP contribution < -0.4 is 9.47 Å². The number of benzene rings is 1. The highest BCUT2D eigenvalue weighted by Crippen LogP contribution is 2.30. The van der Waals surface area contributed by atoms with Crippen LogP contribution in [0.4, 0.5) is 0 Å². The Labute approximate surface area is 108 Å². The molecule has 1 rings (SSSR count). The predicted octanol–water partition coefficient (Wildman–Crippen LogP) is 3.04. The van der Waals surface area contributed by atoms with Gasteiger partial charge in [-0.1, -0.05) is 13.8 Å². The number of hydrogen-bond acceptors (Lipinski definition) is 3. The fourth-order valence-electron chi connectivity index (χ4n) is 1.42. The second-order valence-corrected chi connectivity index (χ2v) is 4.67. The van der Waals surface area contributed by atoms with E-state index in [4.69, 9.17) is 21.7 Å². The van der Waals surface area contributed by atoms with Gasteiger partial charge in [-0.2, -0.15) is 0 Å². The first kappa shape index (κ1) is 13.8. The molecule has 17 heavy (non-hydrogen) atoms. The molecule has 0 aromatic heterocycles. The minimum atomic E-state index is 0.376. The molecule has 0 aliphatic rings. The molecular weight excluding hydrogens is 234 g/mol. The Balaban J connectivity index is 2.96. The van der Waals surface area contributed by atoms with Gasteiger partial charge in [-0.05, 0) is 36.3 Å². The lowest BCUT2D eigenvalue weighted by molar-refractivity contribution is 0.404. The molecule has 0 bridgehead atoms. The van der Waals surface area contributed by atoms with Crippen LogP contribution in [0.3, 0.4) is 0 Å². The summed E-state index contributed by atoms with van der Waals surface area (Å²) in [6.45, 7) is 4.23. The average molecular weight is 253 g/mol. The van der Waals surface area contributed by atoms with Gasteiger partial charge in [-0.25, -0.2) is 0 Å². The molecule has 0 aliphatic heterocycles. The molecule has 0 spiro atoms. The molecule has 3 nitrogen and oxygen atoms in total. The topological polar surface area (TPSA) is 21.7 Å². The largest absolute Gasteiger partial charge is 0.496 e. The molecule has 0 fully saturated rings. The third-order valence-electron chi connectivity index (χ3n) is 2.39. The second kappa shape index (κ2) is 5.87. The number of rotatable bonds is 3. The van der Waals surface area contributed by atoms with E-state index in [1.807, 2.05) is 32.3 Å². The van der Waals surface area contributed by atoms with E-state index in [0.717, 1.165) is 17.1 Å². The third-order valence-corrected chi connectivity index (χ3v) is 2.84. The Bertz CT molecular complexity index is 402. The number of hydrogen-bond donors (Lipinski definition) is 0. The minimum absolute atomic E-state index is 0.376. The van der Waals surface area contributed by atoms with Crippen LogP contribution in [0.2, 0.25) is 0 Å². The molecule has 0 aliphatic carbocycles.